The van der Waals surface area contributed by atoms with Crippen LogP contribution in [0.5, 0.6) is 0 Å². The fourth-order valence-corrected chi connectivity index (χ4v) is 3.65. The second kappa shape index (κ2) is 5.67. The van der Waals surface area contributed by atoms with E-state index >= 15 is 0 Å². The number of fused-ring (bicyclic) bond motifs is 1. The Labute approximate surface area is 130 Å². The van der Waals surface area contributed by atoms with Crippen molar-refractivity contribution in [3.63, 3.8) is 0 Å². The molecule has 0 amide bonds. The molecule has 5 nitrogen and oxygen atoms in total. The van der Waals surface area contributed by atoms with Gasteiger partial charge in [-0.1, -0.05) is 0 Å². The molecule has 1 aliphatic carbocycles. The Balaban J connectivity index is 1.91. The van der Waals surface area contributed by atoms with Gasteiger partial charge in [-0.2, -0.15) is 18.3 Å². The zero-order valence-corrected chi connectivity index (χ0v) is 12.7. The molecule has 1 aromatic rings. The molecule has 2 unspecified atom stereocenters. The molecule has 0 saturated carbocycles. The van der Waals surface area contributed by atoms with Crippen molar-refractivity contribution in [2.75, 3.05) is 13.1 Å². The van der Waals surface area contributed by atoms with E-state index in [0.717, 1.165) is 24.8 Å². The second-order valence-corrected chi connectivity index (χ2v) is 6.20. The number of likely N-dealkylation sites (tertiary alicyclic amines) is 1. The van der Waals surface area contributed by atoms with E-state index in [4.69, 9.17) is 5.11 Å². The normalized spacial score (nSPS) is 25.8. The SMILES string of the molecule is CC(=CO)C1CCN(C2CCc3c2n[nH]c(=O)c3C(F)(F)F)C1. The Kier molecular flexibility index (Phi) is 3.95. The third kappa shape index (κ3) is 2.75. The number of nitrogens with one attached hydrogen (secondary N) is 1. The standard InChI is InChI=1S/C15H18F3N3O2/c1-8(7-22)9-4-5-21(6-9)11-3-2-10-12(15(16,17)18)14(23)20-19-13(10)11/h7,9,11,22H,2-6H2,1H3,(H,20,23). The van der Waals surface area contributed by atoms with Crippen LogP contribution in [0.1, 0.15) is 42.6 Å². The van der Waals surface area contributed by atoms with Crippen LogP contribution in [-0.2, 0) is 12.6 Å². The number of nitrogens with zero attached hydrogens (tertiary/aromatic N) is 2. The summed E-state index contributed by atoms with van der Waals surface area (Å²) >= 11 is 0. The molecule has 8 heteroatoms. The van der Waals surface area contributed by atoms with Gasteiger partial charge < -0.3 is 5.11 Å². The number of alkyl halides is 3. The molecule has 1 aromatic heterocycles. The molecule has 126 valence electrons. The van der Waals surface area contributed by atoms with Crippen molar-refractivity contribution in [1.29, 1.82) is 0 Å². The minimum atomic E-state index is -4.67. The molecule has 2 atom stereocenters. The average molecular weight is 329 g/mol. The zero-order chi connectivity index (χ0) is 16.8. The minimum Gasteiger partial charge on any atom is -0.516 e. The van der Waals surface area contributed by atoms with Gasteiger partial charge in [0.05, 0.1) is 18.0 Å². The fourth-order valence-electron chi connectivity index (χ4n) is 3.65. The highest BCUT2D eigenvalue weighted by Gasteiger charge is 2.43. The van der Waals surface area contributed by atoms with E-state index in [1.165, 1.54) is 0 Å². The van der Waals surface area contributed by atoms with Gasteiger partial charge in [-0.05, 0) is 49.8 Å². The second-order valence-electron chi connectivity index (χ2n) is 6.20. The van der Waals surface area contributed by atoms with Crippen molar-refractivity contribution in [2.24, 2.45) is 5.92 Å². The molecule has 1 aliphatic heterocycles. The lowest BCUT2D eigenvalue weighted by atomic mass is 10.0. The van der Waals surface area contributed by atoms with Crippen LogP contribution in [-0.4, -0.2) is 33.3 Å². The smallest absolute Gasteiger partial charge is 0.422 e. The first-order chi connectivity index (χ1) is 10.8. The van der Waals surface area contributed by atoms with Crippen LogP contribution in [0.15, 0.2) is 16.6 Å². The number of rotatable bonds is 2. The van der Waals surface area contributed by atoms with Crippen LogP contribution < -0.4 is 5.56 Å². The van der Waals surface area contributed by atoms with E-state index in [9.17, 15) is 18.0 Å². The predicted molar refractivity (Wildman–Crippen MR) is 77.0 cm³/mol. The summed E-state index contributed by atoms with van der Waals surface area (Å²) in [6.45, 7) is 3.26. The first-order valence-electron chi connectivity index (χ1n) is 7.56. The van der Waals surface area contributed by atoms with Gasteiger partial charge in [0.15, 0.2) is 0 Å². The van der Waals surface area contributed by atoms with Crippen molar-refractivity contribution in [1.82, 2.24) is 15.1 Å². The van der Waals surface area contributed by atoms with Gasteiger partial charge in [0.1, 0.15) is 5.56 Å². The molecule has 0 spiro atoms. The maximum absolute atomic E-state index is 13.1. The first-order valence-corrected chi connectivity index (χ1v) is 7.56. The minimum absolute atomic E-state index is 0.0316. The maximum Gasteiger partial charge on any atom is 0.422 e. The number of aromatic amines is 1. The van der Waals surface area contributed by atoms with E-state index in [1.54, 1.807) is 0 Å². The molecular weight excluding hydrogens is 311 g/mol. The quantitative estimate of drug-likeness (QED) is 0.818. The van der Waals surface area contributed by atoms with Crippen LogP contribution >= 0.6 is 0 Å². The van der Waals surface area contributed by atoms with Crippen molar-refractivity contribution in [3.8, 4) is 0 Å². The van der Waals surface area contributed by atoms with Gasteiger partial charge in [0.2, 0.25) is 0 Å². The lowest BCUT2D eigenvalue weighted by Gasteiger charge is -2.24. The molecule has 1 saturated heterocycles. The molecule has 1 fully saturated rings. The summed E-state index contributed by atoms with van der Waals surface area (Å²) in [4.78, 5) is 13.6. The highest BCUT2D eigenvalue weighted by molar-refractivity contribution is 5.36. The molecule has 0 radical (unpaired) electrons. The number of hydrogen-bond donors (Lipinski definition) is 2. The van der Waals surface area contributed by atoms with Crippen LogP contribution in [0.3, 0.4) is 0 Å². The summed E-state index contributed by atoms with van der Waals surface area (Å²) in [5, 5.41) is 15.0. The lowest BCUT2D eigenvalue weighted by Crippen LogP contribution is -2.29. The van der Waals surface area contributed by atoms with E-state index < -0.39 is 17.3 Å². The van der Waals surface area contributed by atoms with Crippen molar-refractivity contribution < 1.29 is 18.3 Å². The van der Waals surface area contributed by atoms with Crippen LogP contribution in [0, 0.1) is 5.92 Å². The van der Waals surface area contributed by atoms with Crippen LogP contribution in [0.4, 0.5) is 13.2 Å². The Bertz CT molecular complexity index is 696. The summed E-state index contributed by atoms with van der Waals surface area (Å²) in [5.41, 5.74) is -1.04. The number of aliphatic hydroxyl groups is 1. The molecule has 2 N–H and O–H groups in total. The van der Waals surface area contributed by atoms with Crippen molar-refractivity contribution >= 4 is 0 Å². The highest BCUT2D eigenvalue weighted by Crippen LogP contribution is 2.41. The average Bonchev–Trinajstić information content (AvgIpc) is 3.10. The van der Waals surface area contributed by atoms with E-state index in [0.29, 0.717) is 18.7 Å². The molecule has 23 heavy (non-hydrogen) atoms. The molecule has 3 rings (SSSR count). The molecule has 2 aliphatic rings. The summed E-state index contributed by atoms with van der Waals surface area (Å²) in [5.74, 6) is 0.203. The number of hydrogen-bond acceptors (Lipinski definition) is 4. The highest BCUT2D eigenvalue weighted by atomic mass is 19.4. The van der Waals surface area contributed by atoms with Gasteiger partial charge in [0.25, 0.3) is 5.56 Å². The van der Waals surface area contributed by atoms with Crippen LogP contribution in [0.2, 0.25) is 0 Å². The van der Waals surface area contributed by atoms with E-state index in [-0.39, 0.29) is 23.9 Å². The Morgan fingerprint density at radius 3 is 2.83 bits per heavy atom. The number of aliphatic hydroxyl groups excluding tert-OH is 1. The predicted octanol–water partition coefficient (Wildman–Crippen LogP) is 2.56. The van der Waals surface area contributed by atoms with Gasteiger partial charge in [-0.3, -0.25) is 9.69 Å². The topological polar surface area (TPSA) is 69.2 Å². The Hall–Kier alpha value is -1.83. The van der Waals surface area contributed by atoms with E-state index in [2.05, 4.69) is 10.00 Å². The molecular formula is C15H18F3N3O2. The summed E-state index contributed by atoms with van der Waals surface area (Å²) in [7, 11) is 0. The fraction of sp³-hybridized carbons (Fsp3) is 0.600. The number of halogens is 3. The van der Waals surface area contributed by atoms with Gasteiger partial charge in [-0.25, -0.2) is 5.10 Å². The van der Waals surface area contributed by atoms with Crippen molar-refractivity contribution in [2.45, 2.75) is 38.4 Å². The lowest BCUT2D eigenvalue weighted by molar-refractivity contribution is -0.139. The summed E-state index contributed by atoms with van der Waals surface area (Å²) in [6.07, 6.45) is -1.99. The largest absolute Gasteiger partial charge is 0.516 e. The summed E-state index contributed by atoms with van der Waals surface area (Å²) in [6, 6.07) is -0.209. The van der Waals surface area contributed by atoms with E-state index in [1.807, 2.05) is 12.0 Å². The molecule has 0 aromatic carbocycles. The van der Waals surface area contributed by atoms with Gasteiger partial charge >= 0.3 is 6.18 Å². The Morgan fingerprint density at radius 1 is 1.43 bits per heavy atom. The van der Waals surface area contributed by atoms with Crippen LogP contribution in [0.25, 0.3) is 0 Å². The number of aromatic nitrogens is 2. The third-order valence-electron chi connectivity index (χ3n) is 4.89. The third-order valence-corrected chi connectivity index (χ3v) is 4.89. The maximum atomic E-state index is 13.1. The monoisotopic (exact) mass is 329 g/mol. The van der Waals surface area contributed by atoms with Crippen molar-refractivity contribution in [3.05, 3.63) is 39.0 Å². The number of H-pyrrole nitrogens is 1. The first kappa shape index (κ1) is 16.0. The Morgan fingerprint density at radius 2 is 2.17 bits per heavy atom. The van der Waals surface area contributed by atoms with Gasteiger partial charge in [0, 0.05) is 6.54 Å². The molecule has 0 bridgehead atoms. The summed E-state index contributed by atoms with van der Waals surface area (Å²) < 4.78 is 39.4. The molecule has 2 heterocycles. The zero-order valence-electron chi connectivity index (χ0n) is 12.7. The van der Waals surface area contributed by atoms with Gasteiger partial charge in [-0.15, -0.1) is 0 Å².